The lowest BCUT2D eigenvalue weighted by Crippen LogP contribution is -2.66. The molecule has 13 atom stereocenters. The van der Waals surface area contributed by atoms with Crippen molar-refractivity contribution >= 4 is 5.78 Å². The zero-order chi connectivity index (χ0) is 25.9. The number of hydrogen-bond donors (Lipinski definition) is 5. The van der Waals surface area contributed by atoms with Crippen LogP contribution in [0.2, 0.25) is 0 Å². The smallest absolute Gasteiger partial charge is 0.159 e. The molecule has 0 aromatic rings. The number of fused-ring (bicyclic) bond motifs is 5. The van der Waals surface area contributed by atoms with Crippen LogP contribution in [0.15, 0.2) is 11.6 Å². The maximum Gasteiger partial charge on any atom is 0.159 e. The second kappa shape index (κ2) is 7.84. The van der Waals surface area contributed by atoms with Crippen LogP contribution in [0.5, 0.6) is 0 Å². The number of ether oxygens (including phenoxy) is 1. The van der Waals surface area contributed by atoms with E-state index in [0.29, 0.717) is 36.7 Å². The molecular formula is C28H44O7. The number of aliphatic hydroxyl groups is 5. The number of ketones is 1. The molecule has 198 valence electrons. The van der Waals surface area contributed by atoms with Crippen LogP contribution >= 0.6 is 0 Å². The molecule has 4 aliphatic carbocycles. The van der Waals surface area contributed by atoms with Gasteiger partial charge in [0.25, 0.3) is 0 Å². The van der Waals surface area contributed by atoms with Crippen molar-refractivity contribution in [2.45, 2.75) is 115 Å². The molecule has 0 bridgehead atoms. The van der Waals surface area contributed by atoms with Gasteiger partial charge < -0.3 is 30.3 Å². The van der Waals surface area contributed by atoms with Crippen LogP contribution in [0.1, 0.15) is 73.6 Å². The average molecular weight is 493 g/mol. The summed E-state index contributed by atoms with van der Waals surface area (Å²) in [7, 11) is 0. The van der Waals surface area contributed by atoms with Crippen molar-refractivity contribution in [1.82, 2.24) is 0 Å². The van der Waals surface area contributed by atoms with E-state index in [9.17, 15) is 30.3 Å². The van der Waals surface area contributed by atoms with E-state index in [-0.39, 0.29) is 36.8 Å². The number of rotatable bonds is 4. The van der Waals surface area contributed by atoms with Crippen molar-refractivity contribution in [1.29, 1.82) is 0 Å². The number of carbonyl (C=O) groups excluding carboxylic acids is 1. The molecule has 5 rings (SSSR count). The van der Waals surface area contributed by atoms with Crippen LogP contribution in [-0.4, -0.2) is 73.0 Å². The highest BCUT2D eigenvalue weighted by atomic mass is 16.6. The summed E-state index contributed by atoms with van der Waals surface area (Å²) in [5, 5.41) is 56.5. The fourth-order valence-electron chi connectivity index (χ4n) is 9.00. The first-order valence-corrected chi connectivity index (χ1v) is 13.5. The fraction of sp³-hybridized carbons (Fsp3) is 0.893. The highest BCUT2D eigenvalue weighted by molar-refractivity contribution is 5.95. The number of aliphatic hydroxyl groups excluding tert-OH is 3. The van der Waals surface area contributed by atoms with Crippen molar-refractivity contribution in [3.05, 3.63) is 11.6 Å². The minimum Gasteiger partial charge on any atom is -0.392 e. The highest BCUT2D eigenvalue weighted by Crippen LogP contribution is 2.69. The van der Waals surface area contributed by atoms with Gasteiger partial charge >= 0.3 is 0 Å². The number of epoxide rings is 1. The van der Waals surface area contributed by atoms with E-state index in [1.807, 2.05) is 20.8 Å². The monoisotopic (exact) mass is 492 g/mol. The molecule has 0 aromatic heterocycles. The Balaban J connectivity index is 1.51. The lowest BCUT2D eigenvalue weighted by atomic mass is 9.45. The van der Waals surface area contributed by atoms with Gasteiger partial charge in [-0.3, -0.25) is 4.79 Å². The van der Waals surface area contributed by atoms with E-state index in [0.717, 1.165) is 0 Å². The predicted molar refractivity (Wildman–Crippen MR) is 129 cm³/mol. The second-order valence-corrected chi connectivity index (χ2v) is 13.6. The summed E-state index contributed by atoms with van der Waals surface area (Å²) in [5.74, 6) is -0.739. The first kappa shape index (κ1) is 25.8. The molecular weight excluding hydrogens is 448 g/mol. The van der Waals surface area contributed by atoms with Gasteiger partial charge in [-0.15, -0.1) is 0 Å². The molecule has 0 spiro atoms. The first-order chi connectivity index (χ1) is 16.1. The minimum atomic E-state index is -1.34. The molecule has 1 saturated heterocycles. The molecule has 0 radical (unpaired) electrons. The summed E-state index contributed by atoms with van der Waals surface area (Å²) in [6, 6.07) is 0. The first-order valence-electron chi connectivity index (χ1n) is 13.5. The number of hydrogen-bond acceptors (Lipinski definition) is 7. The summed E-state index contributed by atoms with van der Waals surface area (Å²) in [6.07, 6.45) is 0.00461. The van der Waals surface area contributed by atoms with Crippen LogP contribution in [0.4, 0.5) is 0 Å². The van der Waals surface area contributed by atoms with Gasteiger partial charge in [0.05, 0.1) is 35.6 Å². The summed E-state index contributed by atoms with van der Waals surface area (Å²) >= 11 is 0. The van der Waals surface area contributed by atoms with Crippen LogP contribution < -0.4 is 0 Å². The van der Waals surface area contributed by atoms with Gasteiger partial charge in [-0.05, 0) is 73.8 Å². The molecule has 0 amide bonds. The van der Waals surface area contributed by atoms with Gasteiger partial charge in [-0.2, -0.15) is 0 Å². The van der Waals surface area contributed by atoms with Crippen molar-refractivity contribution in [3.63, 3.8) is 0 Å². The van der Waals surface area contributed by atoms with Gasteiger partial charge in [0.1, 0.15) is 6.10 Å². The van der Waals surface area contributed by atoms with Crippen molar-refractivity contribution in [3.8, 4) is 0 Å². The molecule has 4 fully saturated rings. The van der Waals surface area contributed by atoms with E-state index in [1.165, 1.54) is 6.08 Å². The lowest BCUT2D eigenvalue weighted by Gasteiger charge is -2.62. The van der Waals surface area contributed by atoms with Crippen LogP contribution in [0.3, 0.4) is 0 Å². The molecule has 5 aliphatic rings. The van der Waals surface area contributed by atoms with E-state index in [2.05, 4.69) is 20.8 Å². The molecule has 1 heterocycles. The molecule has 35 heavy (non-hydrogen) atoms. The summed E-state index contributed by atoms with van der Waals surface area (Å²) in [6.45, 7) is 12.1. The quantitative estimate of drug-likeness (QED) is 0.379. The molecule has 13 unspecified atom stereocenters. The zero-order valence-electron chi connectivity index (χ0n) is 21.9. The molecule has 7 nitrogen and oxygen atoms in total. The Morgan fingerprint density at radius 3 is 2.37 bits per heavy atom. The van der Waals surface area contributed by atoms with Gasteiger partial charge in [0, 0.05) is 17.3 Å². The van der Waals surface area contributed by atoms with E-state index in [4.69, 9.17) is 4.74 Å². The number of carbonyl (C=O) groups is 1. The number of allylic oxidation sites excluding steroid dienone is 1. The van der Waals surface area contributed by atoms with Gasteiger partial charge in [0.15, 0.2) is 5.78 Å². The van der Waals surface area contributed by atoms with E-state index >= 15 is 0 Å². The molecule has 3 saturated carbocycles. The second-order valence-electron chi connectivity index (χ2n) is 13.6. The third kappa shape index (κ3) is 3.34. The molecule has 5 N–H and O–H groups in total. The van der Waals surface area contributed by atoms with Crippen LogP contribution in [-0.2, 0) is 9.53 Å². The highest BCUT2D eigenvalue weighted by Gasteiger charge is 2.72. The largest absolute Gasteiger partial charge is 0.392 e. The average Bonchev–Trinajstić information content (AvgIpc) is 3.50. The SMILES string of the molecule is CC(C)C(C)C1OC1C(C)(O)C1CCC2(O)C3=CC(=O)C4CC(O)C(O)CC4(C)C3C(O)CC12C. The van der Waals surface area contributed by atoms with Crippen molar-refractivity contribution in [2.24, 2.45) is 40.4 Å². The van der Waals surface area contributed by atoms with Gasteiger partial charge in [-0.25, -0.2) is 0 Å². The zero-order valence-corrected chi connectivity index (χ0v) is 21.9. The topological polar surface area (TPSA) is 131 Å². The lowest BCUT2D eigenvalue weighted by molar-refractivity contribution is -0.185. The Kier molecular flexibility index (Phi) is 5.78. The van der Waals surface area contributed by atoms with E-state index in [1.54, 1.807) is 0 Å². The van der Waals surface area contributed by atoms with Crippen molar-refractivity contribution < 1.29 is 35.1 Å². The Hall–Kier alpha value is -0.830. The Morgan fingerprint density at radius 1 is 1.09 bits per heavy atom. The summed E-state index contributed by atoms with van der Waals surface area (Å²) in [4.78, 5) is 13.3. The predicted octanol–water partition coefficient (Wildman–Crippen LogP) is 1.97. The van der Waals surface area contributed by atoms with Gasteiger partial charge in [0.2, 0.25) is 0 Å². The molecule has 0 aromatic carbocycles. The Morgan fingerprint density at radius 2 is 1.74 bits per heavy atom. The standard InChI is InChI=1S/C28H44O7/c1-13(2)14(3)23-24(35-23)27(6,33)21-7-8-28(34)16-10-17(29)15-9-18(30)19(31)11-25(15,4)22(16)20(32)12-26(21,28)5/h10,13-15,18-24,30-34H,7-9,11-12H2,1-6H3. The van der Waals surface area contributed by atoms with Crippen LogP contribution in [0, 0.1) is 40.4 Å². The summed E-state index contributed by atoms with van der Waals surface area (Å²) in [5.41, 5.74) is -3.57. The minimum absolute atomic E-state index is 0.0335. The van der Waals surface area contributed by atoms with Gasteiger partial charge in [-0.1, -0.05) is 34.6 Å². The Labute approximate surface area is 208 Å². The fourth-order valence-corrected chi connectivity index (χ4v) is 9.00. The normalized spacial score (nSPS) is 53.8. The molecule has 1 aliphatic heterocycles. The molecule has 7 heteroatoms. The van der Waals surface area contributed by atoms with Crippen LogP contribution in [0.25, 0.3) is 0 Å². The van der Waals surface area contributed by atoms with Crippen molar-refractivity contribution in [2.75, 3.05) is 0 Å². The third-order valence-corrected chi connectivity index (χ3v) is 11.4. The maximum absolute atomic E-state index is 13.3. The Bertz CT molecular complexity index is 928. The maximum atomic E-state index is 13.3. The third-order valence-electron chi connectivity index (χ3n) is 11.4. The summed E-state index contributed by atoms with van der Waals surface area (Å²) < 4.78 is 6.02. The van der Waals surface area contributed by atoms with E-state index < -0.39 is 52.2 Å².